The van der Waals surface area contributed by atoms with Gasteiger partial charge >= 0.3 is 0 Å². The van der Waals surface area contributed by atoms with E-state index in [9.17, 15) is 4.39 Å². The molecule has 6 heteroatoms. The molecule has 1 aliphatic heterocycles. The molecular weight excluding hydrogens is 329 g/mol. The Kier molecular flexibility index (Phi) is 5.11. The minimum atomic E-state index is -0.241. The Morgan fingerprint density at radius 3 is 3.04 bits per heavy atom. The Morgan fingerprint density at radius 2 is 2.19 bits per heavy atom. The first-order chi connectivity index (χ1) is 12.8. The molecule has 4 rings (SSSR count). The fraction of sp³-hybridized carbons (Fsp3) is 0.400. The third-order valence-electron chi connectivity index (χ3n) is 5.12. The number of hydrogen-bond donors (Lipinski definition) is 0. The van der Waals surface area contributed by atoms with Gasteiger partial charge in [-0.3, -0.25) is 4.90 Å². The van der Waals surface area contributed by atoms with Gasteiger partial charge in [-0.05, 0) is 44.0 Å². The van der Waals surface area contributed by atoms with Crippen molar-refractivity contribution in [3.05, 3.63) is 66.8 Å². The average Bonchev–Trinajstić information content (AvgIpc) is 3.33. The maximum atomic E-state index is 13.4. The first kappa shape index (κ1) is 17.0. The number of nitrogens with zero attached hydrogens (tertiary/aromatic N) is 5. The second-order valence-electron chi connectivity index (χ2n) is 6.98. The molecule has 26 heavy (non-hydrogen) atoms. The number of piperidine rings is 1. The van der Waals surface area contributed by atoms with Crippen molar-refractivity contribution in [2.75, 3.05) is 6.54 Å². The largest absolute Gasteiger partial charge is 0.337 e. The smallest absolute Gasteiger partial charge is 0.125 e. The lowest BCUT2D eigenvalue weighted by Crippen LogP contribution is -2.39. The molecule has 0 radical (unpaired) electrons. The quantitative estimate of drug-likeness (QED) is 0.679. The molecule has 5 nitrogen and oxygen atoms in total. The van der Waals surface area contributed by atoms with E-state index < -0.39 is 0 Å². The van der Waals surface area contributed by atoms with Crippen LogP contribution in [0.2, 0.25) is 0 Å². The molecule has 3 heterocycles. The van der Waals surface area contributed by atoms with E-state index in [1.807, 2.05) is 37.2 Å². The van der Waals surface area contributed by atoms with Gasteiger partial charge in [0, 0.05) is 43.3 Å². The van der Waals surface area contributed by atoms with Crippen LogP contribution >= 0.6 is 0 Å². The summed E-state index contributed by atoms with van der Waals surface area (Å²) >= 11 is 0. The van der Waals surface area contributed by atoms with Crippen LogP contribution in [0, 0.1) is 5.82 Å². The van der Waals surface area contributed by atoms with Crippen molar-refractivity contribution < 1.29 is 4.39 Å². The molecule has 1 unspecified atom stereocenters. The van der Waals surface area contributed by atoms with Gasteiger partial charge in [-0.2, -0.15) is 5.10 Å². The van der Waals surface area contributed by atoms with Gasteiger partial charge in [0.15, 0.2) is 0 Å². The summed E-state index contributed by atoms with van der Waals surface area (Å²) in [5.74, 6) is -0.241. The van der Waals surface area contributed by atoms with E-state index in [4.69, 9.17) is 0 Å². The van der Waals surface area contributed by atoms with Crippen LogP contribution in [0.1, 0.15) is 31.2 Å². The van der Waals surface area contributed by atoms with Gasteiger partial charge in [0.25, 0.3) is 0 Å². The third kappa shape index (κ3) is 4.02. The van der Waals surface area contributed by atoms with Gasteiger partial charge in [-0.1, -0.05) is 12.5 Å². The topological polar surface area (TPSA) is 38.9 Å². The van der Waals surface area contributed by atoms with Crippen molar-refractivity contribution in [3.63, 3.8) is 0 Å². The Morgan fingerprint density at radius 1 is 1.23 bits per heavy atom. The molecule has 2 aromatic heterocycles. The van der Waals surface area contributed by atoms with Crippen molar-refractivity contribution in [1.82, 2.24) is 24.2 Å². The highest BCUT2D eigenvalue weighted by Crippen LogP contribution is 2.23. The molecule has 0 spiro atoms. The molecule has 1 atom stereocenters. The third-order valence-corrected chi connectivity index (χ3v) is 5.12. The van der Waals surface area contributed by atoms with E-state index in [0.29, 0.717) is 6.04 Å². The number of rotatable bonds is 6. The van der Waals surface area contributed by atoms with E-state index in [0.717, 1.165) is 31.7 Å². The highest BCUT2D eigenvalue weighted by molar-refractivity contribution is 5.31. The highest BCUT2D eigenvalue weighted by atomic mass is 19.1. The maximum absolute atomic E-state index is 13.4. The molecule has 3 aromatic rings. The molecule has 0 N–H and O–H groups in total. The lowest BCUT2D eigenvalue weighted by molar-refractivity contribution is 0.128. The molecule has 0 bridgehead atoms. The predicted octanol–water partition coefficient (Wildman–Crippen LogP) is 3.65. The molecule has 1 aromatic carbocycles. The Labute approximate surface area is 153 Å². The fourth-order valence-electron chi connectivity index (χ4n) is 3.75. The molecule has 1 saturated heterocycles. The Bertz CT molecular complexity index is 826. The number of hydrogen-bond acceptors (Lipinski definition) is 3. The first-order valence-electron chi connectivity index (χ1n) is 9.27. The summed E-state index contributed by atoms with van der Waals surface area (Å²) < 4.78 is 17.3. The van der Waals surface area contributed by atoms with Crippen LogP contribution in [-0.2, 0) is 13.1 Å². The van der Waals surface area contributed by atoms with E-state index in [1.54, 1.807) is 10.7 Å². The van der Waals surface area contributed by atoms with Gasteiger partial charge in [0.05, 0.1) is 18.2 Å². The zero-order valence-electron chi connectivity index (χ0n) is 14.8. The standard InChI is InChI=1S/C20H24FN5/c21-18-4-3-6-20(12-18)26-15-17(13-23-26)14-25-9-2-1-5-19(25)7-10-24-11-8-22-16-24/h3-4,6,8,11-13,15-16,19H,1-2,5,7,9-10,14H2. The van der Waals surface area contributed by atoms with E-state index >= 15 is 0 Å². The van der Waals surface area contributed by atoms with Gasteiger partial charge in [-0.15, -0.1) is 0 Å². The number of aromatic nitrogens is 4. The summed E-state index contributed by atoms with van der Waals surface area (Å²) in [6, 6.07) is 7.12. The second kappa shape index (κ2) is 7.83. The van der Waals surface area contributed by atoms with Crippen LogP contribution in [0.25, 0.3) is 5.69 Å². The monoisotopic (exact) mass is 353 g/mol. The summed E-state index contributed by atoms with van der Waals surface area (Å²) in [6.07, 6.45) is 14.6. The second-order valence-corrected chi connectivity index (χ2v) is 6.98. The molecule has 0 aliphatic carbocycles. The maximum Gasteiger partial charge on any atom is 0.125 e. The predicted molar refractivity (Wildman–Crippen MR) is 98.4 cm³/mol. The van der Waals surface area contributed by atoms with E-state index in [1.165, 1.54) is 37.0 Å². The van der Waals surface area contributed by atoms with E-state index in [2.05, 4.69) is 19.5 Å². The minimum absolute atomic E-state index is 0.241. The highest BCUT2D eigenvalue weighted by Gasteiger charge is 2.22. The number of likely N-dealkylation sites (tertiary alicyclic amines) is 1. The molecule has 0 amide bonds. The number of halogens is 1. The van der Waals surface area contributed by atoms with Crippen molar-refractivity contribution in [1.29, 1.82) is 0 Å². The molecule has 136 valence electrons. The van der Waals surface area contributed by atoms with Gasteiger partial charge in [-0.25, -0.2) is 14.1 Å². The van der Waals surface area contributed by atoms with Crippen molar-refractivity contribution in [2.45, 2.75) is 44.8 Å². The zero-order chi connectivity index (χ0) is 17.8. The van der Waals surface area contributed by atoms with Crippen LogP contribution in [0.15, 0.2) is 55.4 Å². The Hall–Kier alpha value is -2.47. The van der Waals surface area contributed by atoms with Crippen molar-refractivity contribution in [2.24, 2.45) is 0 Å². The van der Waals surface area contributed by atoms with Gasteiger partial charge < -0.3 is 4.57 Å². The molecular formula is C20H24FN5. The number of aryl methyl sites for hydroxylation is 1. The lowest BCUT2D eigenvalue weighted by Gasteiger charge is -2.35. The van der Waals surface area contributed by atoms with Crippen LogP contribution in [0.3, 0.4) is 0 Å². The van der Waals surface area contributed by atoms with Crippen molar-refractivity contribution in [3.8, 4) is 5.69 Å². The number of imidazole rings is 1. The summed E-state index contributed by atoms with van der Waals surface area (Å²) in [7, 11) is 0. The Balaban J connectivity index is 1.41. The summed E-state index contributed by atoms with van der Waals surface area (Å²) in [5, 5.41) is 4.42. The normalized spacial score (nSPS) is 18.3. The first-order valence-corrected chi connectivity index (χ1v) is 9.27. The lowest BCUT2D eigenvalue weighted by atomic mass is 9.99. The molecule has 1 fully saturated rings. The molecule has 0 saturated carbocycles. The molecule has 1 aliphatic rings. The van der Waals surface area contributed by atoms with Crippen LogP contribution in [0.5, 0.6) is 0 Å². The van der Waals surface area contributed by atoms with Gasteiger partial charge in [0.1, 0.15) is 5.82 Å². The van der Waals surface area contributed by atoms with Crippen LogP contribution < -0.4 is 0 Å². The van der Waals surface area contributed by atoms with E-state index in [-0.39, 0.29) is 5.82 Å². The summed E-state index contributed by atoms with van der Waals surface area (Å²) in [5.41, 5.74) is 1.93. The van der Waals surface area contributed by atoms with Crippen molar-refractivity contribution >= 4 is 0 Å². The number of benzene rings is 1. The van der Waals surface area contributed by atoms with Crippen LogP contribution in [0.4, 0.5) is 4.39 Å². The average molecular weight is 353 g/mol. The summed E-state index contributed by atoms with van der Waals surface area (Å²) in [4.78, 5) is 6.68. The fourth-order valence-corrected chi connectivity index (χ4v) is 3.75. The van der Waals surface area contributed by atoms with Gasteiger partial charge in [0.2, 0.25) is 0 Å². The minimum Gasteiger partial charge on any atom is -0.337 e. The summed E-state index contributed by atoms with van der Waals surface area (Å²) in [6.45, 7) is 3.02. The SMILES string of the molecule is Fc1cccc(-n2cc(CN3CCCCC3CCn3ccnc3)cn2)c1. The zero-order valence-corrected chi connectivity index (χ0v) is 14.8. The van der Waals surface area contributed by atoms with Crippen LogP contribution in [-0.4, -0.2) is 36.8 Å².